The van der Waals surface area contributed by atoms with E-state index in [1.807, 2.05) is 11.3 Å². The lowest BCUT2D eigenvalue weighted by Gasteiger charge is -2.29. The van der Waals surface area contributed by atoms with Crippen LogP contribution >= 0.6 is 11.3 Å². The normalized spacial score (nSPS) is 13.1. The zero-order valence-corrected chi connectivity index (χ0v) is 29.4. The van der Waals surface area contributed by atoms with Crippen molar-refractivity contribution < 1.29 is 0 Å². The van der Waals surface area contributed by atoms with Crippen LogP contribution in [0.25, 0.3) is 64.3 Å². The maximum atomic E-state index is 2.50. The molecule has 1 aliphatic carbocycles. The molecule has 0 saturated carbocycles. The van der Waals surface area contributed by atoms with Crippen LogP contribution < -0.4 is 4.90 Å². The highest BCUT2D eigenvalue weighted by atomic mass is 32.1. The Labute approximate surface area is 302 Å². The Morgan fingerprint density at radius 1 is 0.431 bits per heavy atom. The van der Waals surface area contributed by atoms with Crippen LogP contribution in [0, 0.1) is 0 Å². The molecule has 2 heteroatoms. The highest BCUT2D eigenvalue weighted by Crippen LogP contribution is 2.52. The highest BCUT2D eigenvalue weighted by Gasteiger charge is 2.36. The molecule has 10 rings (SSSR count). The van der Waals surface area contributed by atoms with Crippen molar-refractivity contribution in [1.82, 2.24) is 0 Å². The first-order chi connectivity index (χ1) is 25.1. The number of anilines is 3. The van der Waals surface area contributed by atoms with E-state index in [2.05, 4.69) is 195 Å². The molecule has 9 aromatic rings. The Morgan fingerprint density at radius 2 is 1.06 bits per heavy atom. The topological polar surface area (TPSA) is 3.24 Å². The van der Waals surface area contributed by atoms with Gasteiger partial charge in [-0.05, 0) is 80.9 Å². The molecular formula is C49H35NS. The van der Waals surface area contributed by atoms with Gasteiger partial charge in [0.05, 0.1) is 5.69 Å². The van der Waals surface area contributed by atoms with Gasteiger partial charge in [-0.3, -0.25) is 0 Å². The first-order valence-electron chi connectivity index (χ1n) is 17.7. The third-order valence-corrected chi connectivity index (χ3v) is 12.0. The summed E-state index contributed by atoms with van der Waals surface area (Å²) in [4.78, 5) is 2.50. The molecule has 51 heavy (non-hydrogen) atoms. The molecule has 0 spiro atoms. The van der Waals surface area contributed by atoms with E-state index in [9.17, 15) is 0 Å². The third kappa shape index (κ3) is 4.67. The number of rotatable bonds is 5. The Balaban J connectivity index is 1.28. The molecule has 0 radical (unpaired) electrons. The van der Waals surface area contributed by atoms with Gasteiger partial charge in [0.15, 0.2) is 0 Å². The van der Waals surface area contributed by atoms with Crippen molar-refractivity contribution in [2.75, 3.05) is 4.90 Å². The van der Waals surface area contributed by atoms with E-state index in [1.165, 1.54) is 81.1 Å². The van der Waals surface area contributed by atoms with Crippen molar-refractivity contribution in [2.24, 2.45) is 0 Å². The minimum absolute atomic E-state index is 0.111. The van der Waals surface area contributed by atoms with Gasteiger partial charge < -0.3 is 4.90 Å². The van der Waals surface area contributed by atoms with Gasteiger partial charge in [-0.15, -0.1) is 11.3 Å². The zero-order valence-electron chi connectivity index (χ0n) is 28.6. The van der Waals surface area contributed by atoms with E-state index in [0.717, 1.165) is 11.4 Å². The first-order valence-corrected chi connectivity index (χ1v) is 18.5. The van der Waals surface area contributed by atoms with E-state index in [1.54, 1.807) is 0 Å². The van der Waals surface area contributed by atoms with Crippen molar-refractivity contribution in [2.45, 2.75) is 19.3 Å². The molecule has 0 aliphatic heterocycles. The molecule has 1 aliphatic rings. The Kier molecular flexibility index (Phi) is 6.78. The van der Waals surface area contributed by atoms with Gasteiger partial charge in [0, 0.05) is 47.7 Å². The molecule has 0 N–H and O–H groups in total. The van der Waals surface area contributed by atoms with Crippen molar-refractivity contribution in [3.63, 3.8) is 0 Å². The lowest BCUT2D eigenvalue weighted by Crippen LogP contribution is -2.16. The number of nitrogens with zero attached hydrogens (tertiary/aromatic N) is 1. The van der Waals surface area contributed by atoms with Crippen LogP contribution in [0.15, 0.2) is 176 Å². The minimum atomic E-state index is -0.111. The fraction of sp³-hybridized carbons (Fsp3) is 0.0612. The second kappa shape index (κ2) is 11.6. The molecular weight excluding hydrogens is 635 g/mol. The molecule has 0 saturated heterocycles. The standard InChI is InChI=1S/C49H35NS/c1-49(2)43-25-12-11-21-38(43)39-28-27-36(30-44(39)49)50(35-20-13-19-34(29-35)32-15-5-3-6-16-32)45-31-42-47-37(33-17-7-4-8-18-33)24-14-26-46(47)51-48(42)41-23-10-9-22-40(41)45/h3-31H,1-2H3. The lowest BCUT2D eigenvalue weighted by molar-refractivity contribution is 0.660. The van der Waals surface area contributed by atoms with Crippen LogP contribution in [-0.2, 0) is 5.41 Å². The molecule has 0 amide bonds. The zero-order chi connectivity index (χ0) is 34.1. The largest absolute Gasteiger partial charge is 0.310 e. The number of fused-ring (bicyclic) bond motifs is 8. The van der Waals surface area contributed by atoms with E-state index in [-0.39, 0.29) is 5.41 Å². The van der Waals surface area contributed by atoms with Gasteiger partial charge >= 0.3 is 0 Å². The van der Waals surface area contributed by atoms with E-state index in [4.69, 9.17) is 0 Å². The summed E-state index contributed by atoms with van der Waals surface area (Å²) in [6.07, 6.45) is 0. The third-order valence-electron chi connectivity index (χ3n) is 10.8. The molecule has 0 bridgehead atoms. The summed E-state index contributed by atoms with van der Waals surface area (Å²) < 4.78 is 2.64. The summed E-state index contributed by atoms with van der Waals surface area (Å²) in [5, 5.41) is 5.13. The smallest absolute Gasteiger partial charge is 0.0547 e. The van der Waals surface area contributed by atoms with Gasteiger partial charge in [0.1, 0.15) is 0 Å². The fourth-order valence-corrected chi connectivity index (χ4v) is 9.63. The van der Waals surface area contributed by atoms with Crippen LogP contribution in [0.5, 0.6) is 0 Å². The number of thiophene rings is 1. The molecule has 8 aromatic carbocycles. The molecule has 1 nitrogen and oxygen atoms in total. The second-order valence-corrected chi connectivity index (χ2v) is 15.2. The van der Waals surface area contributed by atoms with E-state index < -0.39 is 0 Å². The van der Waals surface area contributed by atoms with Gasteiger partial charge in [0.2, 0.25) is 0 Å². The predicted molar refractivity (Wildman–Crippen MR) is 220 cm³/mol. The monoisotopic (exact) mass is 669 g/mol. The lowest BCUT2D eigenvalue weighted by atomic mass is 9.82. The minimum Gasteiger partial charge on any atom is -0.310 e. The van der Waals surface area contributed by atoms with Gasteiger partial charge in [-0.1, -0.05) is 153 Å². The van der Waals surface area contributed by atoms with Gasteiger partial charge in [0.25, 0.3) is 0 Å². The van der Waals surface area contributed by atoms with Gasteiger partial charge in [-0.25, -0.2) is 0 Å². The average Bonchev–Trinajstić information content (AvgIpc) is 3.68. The Hall–Kier alpha value is -5.96. The summed E-state index contributed by atoms with van der Waals surface area (Å²) in [6, 6.07) is 64.8. The number of hydrogen-bond acceptors (Lipinski definition) is 2. The Bertz CT molecular complexity index is 2770. The quantitative estimate of drug-likeness (QED) is 0.176. The molecule has 1 aromatic heterocycles. The maximum absolute atomic E-state index is 2.50. The van der Waals surface area contributed by atoms with Crippen molar-refractivity contribution in [3.8, 4) is 33.4 Å². The van der Waals surface area contributed by atoms with Crippen LogP contribution in [-0.4, -0.2) is 0 Å². The van der Waals surface area contributed by atoms with Crippen LogP contribution in [0.4, 0.5) is 17.1 Å². The maximum Gasteiger partial charge on any atom is 0.0547 e. The second-order valence-electron chi connectivity index (χ2n) is 14.1. The van der Waals surface area contributed by atoms with Crippen LogP contribution in [0.3, 0.4) is 0 Å². The SMILES string of the molecule is CC1(C)c2ccccc2-c2ccc(N(c3cccc(-c4ccccc4)c3)c3cc4c(sc5cccc(-c6ccccc6)c54)c4ccccc34)cc21. The summed E-state index contributed by atoms with van der Waals surface area (Å²) >= 11 is 1.90. The summed E-state index contributed by atoms with van der Waals surface area (Å²) in [7, 11) is 0. The van der Waals surface area contributed by atoms with E-state index in [0.29, 0.717) is 0 Å². The summed E-state index contributed by atoms with van der Waals surface area (Å²) in [5.41, 5.74) is 13.7. The van der Waals surface area contributed by atoms with Crippen LogP contribution in [0.1, 0.15) is 25.0 Å². The molecule has 0 atom stereocenters. The number of hydrogen-bond donors (Lipinski definition) is 0. The van der Waals surface area contributed by atoms with Gasteiger partial charge in [-0.2, -0.15) is 0 Å². The summed E-state index contributed by atoms with van der Waals surface area (Å²) in [6.45, 7) is 4.73. The highest BCUT2D eigenvalue weighted by molar-refractivity contribution is 7.26. The Morgan fingerprint density at radius 3 is 1.88 bits per heavy atom. The molecule has 0 unspecified atom stereocenters. The van der Waals surface area contributed by atoms with Crippen molar-refractivity contribution >= 4 is 59.3 Å². The summed E-state index contributed by atoms with van der Waals surface area (Å²) in [5.74, 6) is 0. The van der Waals surface area contributed by atoms with E-state index >= 15 is 0 Å². The van der Waals surface area contributed by atoms with Crippen LogP contribution in [0.2, 0.25) is 0 Å². The molecule has 0 fully saturated rings. The number of benzene rings is 8. The molecule has 1 heterocycles. The predicted octanol–water partition coefficient (Wildman–Crippen LogP) is 14.3. The fourth-order valence-electron chi connectivity index (χ4n) is 8.39. The first kappa shape index (κ1) is 29.9. The van der Waals surface area contributed by atoms with Crippen molar-refractivity contribution in [3.05, 3.63) is 187 Å². The average molecular weight is 670 g/mol. The van der Waals surface area contributed by atoms with Crippen molar-refractivity contribution in [1.29, 1.82) is 0 Å². The molecule has 242 valence electrons.